The van der Waals surface area contributed by atoms with E-state index in [1.165, 1.54) is 23.9 Å². The molecule has 6 heteroatoms. The number of hydrogen-bond donors (Lipinski definition) is 2. The highest BCUT2D eigenvalue weighted by molar-refractivity contribution is 8.02. The molecule has 92 valence electrons. The van der Waals surface area contributed by atoms with Crippen molar-refractivity contribution < 1.29 is 4.39 Å². The zero-order valence-electron chi connectivity index (χ0n) is 9.28. The molecule has 0 heterocycles. The number of halogens is 2. The first-order valence-corrected chi connectivity index (χ1v) is 6.40. The highest BCUT2D eigenvalue weighted by Crippen LogP contribution is 2.19. The van der Waals surface area contributed by atoms with Gasteiger partial charge >= 0.3 is 0 Å². The highest BCUT2D eigenvalue weighted by atomic mass is 35.5. The van der Waals surface area contributed by atoms with Gasteiger partial charge in [-0.2, -0.15) is 0 Å². The molecule has 0 spiro atoms. The maximum Gasteiger partial charge on any atom is 0.194 e. The molecule has 0 fully saturated rings. The fourth-order valence-corrected chi connectivity index (χ4v) is 1.90. The van der Waals surface area contributed by atoms with Crippen LogP contribution in [0.5, 0.6) is 0 Å². The Labute approximate surface area is 109 Å². The Morgan fingerprint density at radius 2 is 1.94 bits per heavy atom. The number of allylic oxidation sites excluding steroid dienone is 1. The van der Waals surface area contributed by atoms with Gasteiger partial charge in [-0.15, -0.1) is 11.8 Å². The molecule has 1 aromatic rings. The smallest absolute Gasteiger partial charge is 0.194 e. The van der Waals surface area contributed by atoms with Crippen molar-refractivity contribution in [2.75, 3.05) is 6.26 Å². The van der Waals surface area contributed by atoms with Gasteiger partial charge in [-0.1, -0.05) is 12.1 Å². The van der Waals surface area contributed by atoms with E-state index in [0.717, 1.165) is 5.56 Å². The number of thioether (sulfide) groups is 1. The van der Waals surface area contributed by atoms with Gasteiger partial charge in [0.15, 0.2) is 5.29 Å². The van der Waals surface area contributed by atoms with E-state index < -0.39 is 0 Å². The molecule has 0 aliphatic carbocycles. The number of nitrogens with two attached hydrogens (primary N) is 2. The van der Waals surface area contributed by atoms with E-state index in [2.05, 4.69) is 4.99 Å². The van der Waals surface area contributed by atoms with E-state index in [4.69, 9.17) is 23.1 Å². The van der Waals surface area contributed by atoms with E-state index >= 15 is 0 Å². The van der Waals surface area contributed by atoms with Crippen LogP contribution in [0.4, 0.5) is 4.39 Å². The average molecular weight is 274 g/mol. The molecule has 4 N–H and O–H groups in total. The number of hydrogen-bond acceptors (Lipinski definition) is 3. The van der Waals surface area contributed by atoms with Crippen LogP contribution in [0.15, 0.2) is 40.0 Å². The van der Waals surface area contributed by atoms with Gasteiger partial charge in [0.2, 0.25) is 0 Å². The Morgan fingerprint density at radius 1 is 1.35 bits per heavy atom. The van der Waals surface area contributed by atoms with Gasteiger partial charge in [-0.05, 0) is 35.6 Å². The third-order valence-corrected chi connectivity index (χ3v) is 2.81. The van der Waals surface area contributed by atoms with Crippen molar-refractivity contribution in [2.24, 2.45) is 16.5 Å². The predicted molar refractivity (Wildman–Crippen MR) is 72.3 cm³/mol. The second-order valence-corrected chi connectivity index (χ2v) is 4.45. The van der Waals surface area contributed by atoms with Crippen LogP contribution < -0.4 is 11.5 Å². The van der Waals surface area contributed by atoms with Gasteiger partial charge in [-0.3, -0.25) is 0 Å². The SMILES string of the molecule is CSC(/N=C(\N)Cl)=C(/N)Cc1ccc(F)cc1. The van der Waals surface area contributed by atoms with Crippen LogP contribution in [0.3, 0.4) is 0 Å². The monoisotopic (exact) mass is 273 g/mol. The number of aliphatic imine (C=N–C) groups is 1. The third-order valence-electron chi connectivity index (χ3n) is 1.98. The summed E-state index contributed by atoms with van der Waals surface area (Å²) in [5.74, 6) is -0.274. The highest BCUT2D eigenvalue weighted by Gasteiger charge is 2.04. The second kappa shape index (κ2) is 6.51. The molecule has 0 aromatic heterocycles. The van der Waals surface area contributed by atoms with Crippen molar-refractivity contribution in [1.29, 1.82) is 0 Å². The average Bonchev–Trinajstić information content (AvgIpc) is 2.28. The molecule has 1 aromatic carbocycles. The van der Waals surface area contributed by atoms with E-state index in [1.54, 1.807) is 12.1 Å². The minimum atomic E-state index is -0.274. The minimum Gasteiger partial charge on any atom is -0.400 e. The first-order chi connectivity index (χ1) is 8.02. The van der Waals surface area contributed by atoms with E-state index in [-0.39, 0.29) is 11.1 Å². The Balaban J connectivity index is 2.89. The van der Waals surface area contributed by atoms with Crippen LogP contribution in [-0.2, 0) is 6.42 Å². The molecule has 0 unspecified atom stereocenters. The number of benzene rings is 1. The molecule has 0 aliphatic heterocycles. The largest absolute Gasteiger partial charge is 0.400 e. The van der Waals surface area contributed by atoms with Crippen LogP contribution in [0.25, 0.3) is 0 Å². The Kier molecular flexibility index (Phi) is 5.31. The predicted octanol–water partition coefficient (Wildman–Crippen LogP) is 2.41. The maximum absolute atomic E-state index is 12.7. The summed E-state index contributed by atoms with van der Waals surface area (Å²) in [6, 6.07) is 6.13. The standard InChI is InChI=1S/C11H13ClFN3S/c1-17-10(16-11(12)15)9(14)6-7-2-4-8(13)5-3-7/h2-5H,6,14H2,1H3,(H2,15,16)/b10-9+. The Bertz CT molecular complexity index is 439. The van der Waals surface area contributed by atoms with Gasteiger partial charge in [0.1, 0.15) is 10.8 Å². The van der Waals surface area contributed by atoms with Gasteiger partial charge in [0, 0.05) is 12.1 Å². The van der Waals surface area contributed by atoms with Crippen molar-refractivity contribution in [3.63, 3.8) is 0 Å². The summed E-state index contributed by atoms with van der Waals surface area (Å²) in [5.41, 5.74) is 12.6. The molecule has 0 aliphatic rings. The fraction of sp³-hybridized carbons (Fsp3) is 0.182. The zero-order valence-corrected chi connectivity index (χ0v) is 10.9. The lowest BCUT2D eigenvalue weighted by molar-refractivity contribution is 0.627. The topological polar surface area (TPSA) is 64.4 Å². The molecular formula is C11H13ClFN3S. The summed E-state index contributed by atoms with van der Waals surface area (Å²) in [6.07, 6.45) is 2.31. The third kappa shape index (κ3) is 4.66. The Hall–Kier alpha value is -1.20. The molecule has 0 amide bonds. The molecule has 0 saturated carbocycles. The van der Waals surface area contributed by atoms with Crippen molar-refractivity contribution in [3.05, 3.63) is 46.4 Å². The summed E-state index contributed by atoms with van der Waals surface area (Å²) in [4.78, 5) is 3.91. The van der Waals surface area contributed by atoms with Crippen LogP contribution in [0.1, 0.15) is 5.56 Å². The van der Waals surface area contributed by atoms with Gasteiger partial charge in [0.25, 0.3) is 0 Å². The maximum atomic E-state index is 12.7. The molecule has 1 rings (SSSR count). The lowest BCUT2D eigenvalue weighted by atomic mass is 10.1. The van der Waals surface area contributed by atoms with Crippen LogP contribution in [0, 0.1) is 5.82 Å². The first-order valence-electron chi connectivity index (χ1n) is 4.79. The molecule has 0 saturated heterocycles. The van der Waals surface area contributed by atoms with Crippen molar-refractivity contribution in [1.82, 2.24) is 0 Å². The quantitative estimate of drug-likeness (QED) is 0.503. The number of amidine groups is 1. The summed E-state index contributed by atoms with van der Waals surface area (Å²) < 4.78 is 12.7. The number of rotatable bonds is 4. The molecule has 17 heavy (non-hydrogen) atoms. The lowest BCUT2D eigenvalue weighted by Gasteiger charge is -2.06. The van der Waals surface area contributed by atoms with Crippen LogP contribution >= 0.6 is 23.4 Å². The molecule has 0 bridgehead atoms. The van der Waals surface area contributed by atoms with Crippen LogP contribution in [-0.4, -0.2) is 11.6 Å². The first kappa shape index (κ1) is 13.9. The summed E-state index contributed by atoms with van der Waals surface area (Å²) in [5, 5.41) is 0.512. The lowest BCUT2D eigenvalue weighted by Crippen LogP contribution is -2.07. The molecular weight excluding hydrogens is 261 g/mol. The molecule has 3 nitrogen and oxygen atoms in total. The number of nitrogens with zero attached hydrogens (tertiary/aromatic N) is 1. The summed E-state index contributed by atoms with van der Waals surface area (Å²) in [6.45, 7) is 0. The minimum absolute atomic E-state index is 0.0589. The Morgan fingerprint density at radius 3 is 2.41 bits per heavy atom. The van der Waals surface area contributed by atoms with Gasteiger partial charge in [-0.25, -0.2) is 9.38 Å². The van der Waals surface area contributed by atoms with Crippen LogP contribution in [0.2, 0.25) is 0 Å². The van der Waals surface area contributed by atoms with Gasteiger partial charge < -0.3 is 11.5 Å². The van der Waals surface area contributed by atoms with E-state index in [1.807, 2.05) is 6.26 Å². The normalized spacial score (nSPS) is 13.5. The fourth-order valence-electron chi connectivity index (χ4n) is 1.24. The molecule has 0 radical (unpaired) electrons. The second-order valence-electron chi connectivity index (χ2n) is 3.27. The van der Waals surface area contributed by atoms with Crippen molar-refractivity contribution in [3.8, 4) is 0 Å². The molecule has 0 atom stereocenters. The summed E-state index contributed by atoms with van der Waals surface area (Å²) >= 11 is 6.85. The van der Waals surface area contributed by atoms with Gasteiger partial charge in [0.05, 0.1) is 0 Å². The zero-order chi connectivity index (χ0) is 12.8. The van der Waals surface area contributed by atoms with Crippen molar-refractivity contribution in [2.45, 2.75) is 6.42 Å². The van der Waals surface area contributed by atoms with Crippen molar-refractivity contribution >= 4 is 28.7 Å². The summed E-state index contributed by atoms with van der Waals surface area (Å²) in [7, 11) is 0. The van der Waals surface area contributed by atoms with E-state index in [9.17, 15) is 4.39 Å². The van der Waals surface area contributed by atoms with E-state index in [0.29, 0.717) is 17.1 Å².